The molecular formula is C13H17NO2. The van der Waals surface area contributed by atoms with E-state index in [1.807, 2.05) is 25.3 Å². The number of hydrogen-bond acceptors (Lipinski definition) is 3. The Morgan fingerprint density at radius 1 is 1.44 bits per heavy atom. The normalized spacial score (nSPS) is 17.3. The standard InChI is InChI=1S/C13H17NO2/c1-10-2-3-12(14-9-10)8-13(15)11-4-6-16-7-5-11/h2-3,9,11H,4-8H2,1H3. The van der Waals surface area contributed by atoms with E-state index >= 15 is 0 Å². The summed E-state index contributed by atoms with van der Waals surface area (Å²) in [5, 5.41) is 0. The average Bonchev–Trinajstić information content (AvgIpc) is 2.33. The van der Waals surface area contributed by atoms with Crippen molar-refractivity contribution in [2.75, 3.05) is 13.2 Å². The van der Waals surface area contributed by atoms with Gasteiger partial charge in [-0.2, -0.15) is 0 Å². The second-order valence-corrected chi connectivity index (χ2v) is 4.36. The topological polar surface area (TPSA) is 39.2 Å². The molecule has 2 rings (SSSR count). The molecule has 86 valence electrons. The fourth-order valence-electron chi connectivity index (χ4n) is 1.95. The molecule has 0 aromatic carbocycles. The van der Waals surface area contributed by atoms with Crippen LogP contribution in [0.1, 0.15) is 24.1 Å². The summed E-state index contributed by atoms with van der Waals surface area (Å²) >= 11 is 0. The highest BCUT2D eigenvalue weighted by atomic mass is 16.5. The molecule has 1 aliphatic heterocycles. The number of aromatic nitrogens is 1. The molecule has 0 aliphatic carbocycles. The molecule has 1 saturated heterocycles. The number of nitrogens with zero attached hydrogens (tertiary/aromatic N) is 1. The van der Waals surface area contributed by atoms with E-state index in [0.29, 0.717) is 12.2 Å². The summed E-state index contributed by atoms with van der Waals surface area (Å²) in [6, 6.07) is 3.94. The van der Waals surface area contributed by atoms with Gasteiger partial charge < -0.3 is 4.74 Å². The van der Waals surface area contributed by atoms with Gasteiger partial charge in [0.05, 0.1) is 0 Å². The number of aryl methyl sites for hydroxylation is 1. The van der Waals surface area contributed by atoms with Crippen LogP contribution in [0, 0.1) is 12.8 Å². The summed E-state index contributed by atoms with van der Waals surface area (Å²) < 4.78 is 5.25. The molecular weight excluding hydrogens is 202 g/mol. The minimum Gasteiger partial charge on any atom is -0.381 e. The number of ketones is 1. The first-order valence-corrected chi connectivity index (χ1v) is 5.77. The fourth-order valence-corrected chi connectivity index (χ4v) is 1.95. The molecule has 3 nitrogen and oxygen atoms in total. The number of Topliss-reactive ketones (excluding diaryl/α,β-unsaturated/α-hetero) is 1. The number of pyridine rings is 1. The number of carbonyl (C=O) groups is 1. The van der Waals surface area contributed by atoms with Gasteiger partial charge >= 0.3 is 0 Å². The van der Waals surface area contributed by atoms with Gasteiger partial charge in [-0.1, -0.05) is 6.07 Å². The van der Waals surface area contributed by atoms with Crippen LogP contribution in [0.4, 0.5) is 0 Å². The zero-order chi connectivity index (χ0) is 11.4. The van der Waals surface area contributed by atoms with Gasteiger partial charge in [0.15, 0.2) is 0 Å². The highest BCUT2D eigenvalue weighted by Crippen LogP contribution is 2.17. The fraction of sp³-hybridized carbons (Fsp3) is 0.538. The van der Waals surface area contributed by atoms with Crippen LogP contribution in [-0.2, 0) is 16.0 Å². The van der Waals surface area contributed by atoms with Gasteiger partial charge in [0.1, 0.15) is 5.78 Å². The molecule has 0 N–H and O–H groups in total. The van der Waals surface area contributed by atoms with Crippen molar-refractivity contribution in [2.45, 2.75) is 26.2 Å². The molecule has 2 heterocycles. The Kier molecular flexibility index (Phi) is 3.67. The van der Waals surface area contributed by atoms with Crippen LogP contribution >= 0.6 is 0 Å². The molecule has 0 radical (unpaired) electrons. The quantitative estimate of drug-likeness (QED) is 0.779. The second kappa shape index (κ2) is 5.21. The minimum absolute atomic E-state index is 0.178. The predicted octanol–water partition coefficient (Wildman–Crippen LogP) is 1.93. The molecule has 1 aromatic rings. The maximum Gasteiger partial charge on any atom is 0.142 e. The number of carbonyl (C=O) groups excluding carboxylic acids is 1. The average molecular weight is 219 g/mol. The lowest BCUT2D eigenvalue weighted by Crippen LogP contribution is -2.24. The maximum atomic E-state index is 12.0. The van der Waals surface area contributed by atoms with Crippen molar-refractivity contribution < 1.29 is 9.53 Å². The van der Waals surface area contributed by atoms with Crippen LogP contribution in [0.2, 0.25) is 0 Å². The zero-order valence-corrected chi connectivity index (χ0v) is 9.61. The lowest BCUT2D eigenvalue weighted by molar-refractivity contribution is -0.125. The predicted molar refractivity (Wildman–Crippen MR) is 61.2 cm³/mol. The summed E-state index contributed by atoms with van der Waals surface area (Å²) in [6.45, 7) is 3.44. The Hall–Kier alpha value is -1.22. The Balaban J connectivity index is 1.93. The van der Waals surface area contributed by atoms with Crippen molar-refractivity contribution in [2.24, 2.45) is 5.92 Å². The Morgan fingerprint density at radius 3 is 2.81 bits per heavy atom. The zero-order valence-electron chi connectivity index (χ0n) is 9.61. The number of rotatable bonds is 3. The first kappa shape index (κ1) is 11.3. The van der Waals surface area contributed by atoms with E-state index in [2.05, 4.69) is 4.98 Å². The van der Waals surface area contributed by atoms with Gasteiger partial charge in [0, 0.05) is 37.4 Å². The number of hydrogen-bond donors (Lipinski definition) is 0. The van der Waals surface area contributed by atoms with Crippen LogP contribution < -0.4 is 0 Å². The summed E-state index contributed by atoms with van der Waals surface area (Å²) in [7, 11) is 0. The molecule has 0 saturated carbocycles. The van der Waals surface area contributed by atoms with Gasteiger partial charge in [-0.15, -0.1) is 0 Å². The second-order valence-electron chi connectivity index (χ2n) is 4.36. The lowest BCUT2D eigenvalue weighted by Gasteiger charge is -2.20. The van der Waals surface area contributed by atoms with Gasteiger partial charge in [-0.3, -0.25) is 9.78 Å². The minimum atomic E-state index is 0.178. The Bertz CT molecular complexity index is 353. The van der Waals surface area contributed by atoms with E-state index in [0.717, 1.165) is 37.3 Å². The lowest BCUT2D eigenvalue weighted by atomic mass is 9.92. The molecule has 0 unspecified atom stereocenters. The molecule has 1 aromatic heterocycles. The maximum absolute atomic E-state index is 12.0. The van der Waals surface area contributed by atoms with Gasteiger partial charge in [0.2, 0.25) is 0 Å². The van der Waals surface area contributed by atoms with Gasteiger partial charge in [-0.25, -0.2) is 0 Å². The Labute approximate surface area is 95.8 Å². The molecule has 0 atom stereocenters. The van der Waals surface area contributed by atoms with Crippen LogP contribution in [0.5, 0.6) is 0 Å². The van der Waals surface area contributed by atoms with Crippen LogP contribution in [-0.4, -0.2) is 24.0 Å². The van der Waals surface area contributed by atoms with Crippen molar-refractivity contribution >= 4 is 5.78 Å². The highest BCUT2D eigenvalue weighted by Gasteiger charge is 2.21. The molecule has 0 amide bonds. The van der Waals surface area contributed by atoms with Gasteiger partial charge in [0.25, 0.3) is 0 Å². The van der Waals surface area contributed by atoms with Crippen molar-refractivity contribution in [1.82, 2.24) is 4.98 Å². The van der Waals surface area contributed by atoms with E-state index in [-0.39, 0.29) is 5.92 Å². The van der Waals surface area contributed by atoms with Crippen molar-refractivity contribution in [3.8, 4) is 0 Å². The molecule has 16 heavy (non-hydrogen) atoms. The molecule has 3 heteroatoms. The van der Waals surface area contributed by atoms with Crippen molar-refractivity contribution in [3.63, 3.8) is 0 Å². The smallest absolute Gasteiger partial charge is 0.142 e. The highest BCUT2D eigenvalue weighted by molar-refractivity contribution is 5.82. The SMILES string of the molecule is Cc1ccc(CC(=O)C2CCOCC2)nc1. The third-order valence-electron chi connectivity index (χ3n) is 3.00. The summed E-state index contributed by atoms with van der Waals surface area (Å²) in [6.07, 6.45) is 4.01. The van der Waals surface area contributed by atoms with Crippen molar-refractivity contribution in [3.05, 3.63) is 29.6 Å². The molecule has 0 bridgehead atoms. The monoisotopic (exact) mass is 219 g/mol. The summed E-state index contributed by atoms with van der Waals surface area (Å²) in [4.78, 5) is 16.2. The van der Waals surface area contributed by atoms with E-state index < -0.39 is 0 Å². The molecule has 0 spiro atoms. The van der Waals surface area contributed by atoms with Crippen LogP contribution in [0.3, 0.4) is 0 Å². The van der Waals surface area contributed by atoms with Crippen LogP contribution in [0.25, 0.3) is 0 Å². The molecule has 1 aliphatic rings. The summed E-state index contributed by atoms with van der Waals surface area (Å²) in [5.74, 6) is 0.483. The van der Waals surface area contributed by atoms with Crippen LogP contribution in [0.15, 0.2) is 18.3 Å². The van der Waals surface area contributed by atoms with Gasteiger partial charge in [-0.05, 0) is 31.4 Å². The third kappa shape index (κ3) is 2.89. The van der Waals surface area contributed by atoms with E-state index in [1.54, 1.807) is 0 Å². The van der Waals surface area contributed by atoms with E-state index in [1.165, 1.54) is 0 Å². The first-order chi connectivity index (χ1) is 7.75. The Morgan fingerprint density at radius 2 is 2.19 bits per heavy atom. The summed E-state index contributed by atoms with van der Waals surface area (Å²) in [5.41, 5.74) is 2.00. The largest absolute Gasteiger partial charge is 0.381 e. The van der Waals surface area contributed by atoms with E-state index in [9.17, 15) is 4.79 Å². The number of ether oxygens (including phenoxy) is 1. The third-order valence-corrected chi connectivity index (χ3v) is 3.00. The van der Waals surface area contributed by atoms with E-state index in [4.69, 9.17) is 4.74 Å². The first-order valence-electron chi connectivity index (χ1n) is 5.77. The molecule has 1 fully saturated rings. The van der Waals surface area contributed by atoms with Crippen molar-refractivity contribution in [1.29, 1.82) is 0 Å².